The van der Waals surface area contributed by atoms with Gasteiger partial charge in [0.15, 0.2) is 0 Å². The molecule has 0 fully saturated rings. The molecule has 0 saturated heterocycles. The van der Waals surface area contributed by atoms with Crippen LogP contribution < -0.4 is 11.3 Å². The first kappa shape index (κ1) is 12.6. The third kappa shape index (κ3) is 3.59. The van der Waals surface area contributed by atoms with Gasteiger partial charge in [0, 0.05) is 67.2 Å². The summed E-state index contributed by atoms with van der Waals surface area (Å²) in [5, 5.41) is 0. The van der Waals surface area contributed by atoms with Crippen LogP contribution in [0, 0.1) is 0 Å². The Kier molecular flexibility index (Phi) is 7.98. The molecule has 1 aromatic heterocycles. The molecule has 1 rings (SSSR count). The molecular weight excluding hydrogens is 240 g/mol. The van der Waals surface area contributed by atoms with E-state index in [0.717, 1.165) is 0 Å². The van der Waals surface area contributed by atoms with Crippen molar-refractivity contribution in [3.8, 4) is 0 Å². The Morgan fingerprint density at radius 1 is 1.00 bits per heavy atom. The number of rotatable bonds is 0. The molecule has 0 aliphatic rings. The van der Waals surface area contributed by atoms with E-state index in [4.69, 9.17) is 0 Å². The van der Waals surface area contributed by atoms with Crippen molar-refractivity contribution in [3.63, 3.8) is 0 Å². The molecule has 7 heteroatoms. The van der Waals surface area contributed by atoms with E-state index < -0.39 is 11.3 Å². The van der Waals surface area contributed by atoms with Crippen molar-refractivity contribution in [1.29, 1.82) is 0 Å². The van der Waals surface area contributed by atoms with Crippen LogP contribution in [0.5, 0.6) is 0 Å². The minimum absolute atomic E-state index is 0. The van der Waals surface area contributed by atoms with Gasteiger partial charge >= 0.3 is 11.3 Å². The van der Waals surface area contributed by atoms with E-state index in [1.54, 1.807) is 0 Å². The first-order valence-corrected chi connectivity index (χ1v) is 1.40. The second-order valence-electron chi connectivity index (χ2n) is 0.810. The van der Waals surface area contributed by atoms with Gasteiger partial charge in [0.1, 0.15) is 0 Å². The molecule has 44 valence electrons. The molecule has 0 atom stereocenters. The zero-order valence-corrected chi connectivity index (χ0v) is 9.29. The van der Waals surface area contributed by atoms with Gasteiger partial charge in [-0.3, -0.25) is 0 Å². The van der Waals surface area contributed by atoms with Crippen molar-refractivity contribution >= 4 is 45.5 Å². The minimum Gasteiger partial charge on any atom is -0.233 e. The van der Waals surface area contributed by atoms with Crippen LogP contribution in [0.4, 0.5) is 0 Å². The molecule has 0 amide bonds. The second kappa shape index (κ2) is 5.70. The van der Waals surface area contributed by atoms with Gasteiger partial charge in [0.2, 0.25) is 0 Å². The van der Waals surface area contributed by atoms with Crippen LogP contribution in [0.25, 0.3) is 0 Å². The first-order valence-electron chi connectivity index (χ1n) is 1.40. The molecule has 2 radical (unpaired) electrons. The van der Waals surface area contributed by atoms with Gasteiger partial charge in [0.25, 0.3) is 0 Å². The van der Waals surface area contributed by atoms with Crippen LogP contribution in [-0.2, 0) is 21.7 Å². The Morgan fingerprint density at radius 2 is 1.33 bits per heavy atom. The number of hydrogen-bond donors (Lipinski definition) is 0. The van der Waals surface area contributed by atoms with Gasteiger partial charge in [-0.15, -0.1) is 0 Å². The predicted octanol–water partition coefficient (Wildman–Crippen LogP) is -1.20. The van der Waals surface area contributed by atoms with Gasteiger partial charge in [-0.2, -0.15) is 9.15 Å². The van der Waals surface area contributed by atoms with Crippen LogP contribution in [-0.4, -0.2) is 45.5 Å². The maximum atomic E-state index is 9.75. The molecule has 0 bridgehead atoms. The van der Waals surface area contributed by atoms with E-state index in [1.165, 1.54) is 0 Å². The largest absolute Gasteiger partial charge is 0.471 e. The van der Waals surface area contributed by atoms with Crippen molar-refractivity contribution in [2.45, 2.75) is 0 Å². The quantitative estimate of drug-likeness (QED) is 0.323. The standard InChI is InChI=1S/C2O5.Sr.Ti/c3-1-2(4)6-7-5-1;;. The molecule has 0 aromatic carbocycles. The second-order valence-corrected chi connectivity index (χ2v) is 0.810. The van der Waals surface area contributed by atoms with Gasteiger partial charge in [-0.25, -0.2) is 9.59 Å². The Bertz CT molecular complexity index is 219. The molecular formula is C2O5SrTi. The predicted molar refractivity (Wildman–Crippen MR) is 21.5 cm³/mol. The van der Waals surface area contributed by atoms with Crippen molar-refractivity contribution in [2.75, 3.05) is 0 Å². The zero-order valence-electron chi connectivity index (χ0n) is 4.25. The summed E-state index contributed by atoms with van der Waals surface area (Å²) in [6.07, 6.45) is 0. The fraction of sp³-hybridized carbons (Fsp3) is 0. The topological polar surface area (TPSA) is 73.6 Å². The van der Waals surface area contributed by atoms with Crippen molar-refractivity contribution in [2.24, 2.45) is 0 Å². The van der Waals surface area contributed by atoms with Crippen LogP contribution in [0.15, 0.2) is 23.5 Å². The van der Waals surface area contributed by atoms with E-state index >= 15 is 0 Å². The summed E-state index contributed by atoms with van der Waals surface area (Å²) in [5.74, 6) is 0. The normalized spacial score (nSPS) is 7.11. The maximum Gasteiger partial charge on any atom is 0.471 e. The molecule has 5 nitrogen and oxygen atoms in total. The van der Waals surface area contributed by atoms with Gasteiger partial charge in [-0.1, -0.05) is 4.74 Å². The summed E-state index contributed by atoms with van der Waals surface area (Å²) in [4.78, 5) is 19.5. The average Bonchev–Trinajstić information content (AvgIpc) is 1.91. The molecule has 0 aliphatic carbocycles. The summed E-state index contributed by atoms with van der Waals surface area (Å²) in [6.45, 7) is 0. The van der Waals surface area contributed by atoms with Crippen molar-refractivity contribution in [1.82, 2.24) is 0 Å². The Morgan fingerprint density at radius 3 is 1.44 bits per heavy atom. The van der Waals surface area contributed by atoms with Crippen molar-refractivity contribution < 1.29 is 35.6 Å². The molecule has 0 N–H and O–H groups in total. The van der Waals surface area contributed by atoms with E-state index in [-0.39, 0.29) is 67.2 Å². The van der Waals surface area contributed by atoms with E-state index in [1.807, 2.05) is 0 Å². The summed E-state index contributed by atoms with van der Waals surface area (Å²) >= 11 is 0. The minimum atomic E-state index is -1.12. The third-order valence-corrected chi connectivity index (χ3v) is 0.386. The maximum absolute atomic E-state index is 9.75. The monoisotopic (exact) mass is 240 g/mol. The Hall–Kier alpha value is 0.935. The third-order valence-electron chi connectivity index (χ3n) is 0.386. The number of hydrogen-bond acceptors (Lipinski definition) is 5. The average molecular weight is 240 g/mol. The van der Waals surface area contributed by atoms with E-state index in [0.29, 0.717) is 0 Å². The fourth-order valence-corrected chi connectivity index (χ4v) is 0.147. The van der Waals surface area contributed by atoms with Crippen LogP contribution in [0.2, 0.25) is 0 Å². The molecule has 0 aliphatic heterocycles. The van der Waals surface area contributed by atoms with Crippen LogP contribution >= 0.6 is 0 Å². The summed E-state index contributed by atoms with van der Waals surface area (Å²) in [7, 11) is 0. The molecule has 1 heterocycles. The first-order chi connectivity index (χ1) is 3.30. The van der Waals surface area contributed by atoms with E-state index in [2.05, 4.69) is 13.9 Å². The van der Waals surface area contributed by atoms with Crippen molar-refractivity contribution in [3.05, 3.63) is 20.8 Å². The molecule has 9 heavy (non-hydrogen) atoms. The summed E-state index contributed by atoms with van der Waals surface area (Å²) in [6, 6.07) is 0. The zero-order chi connectivity index (χ0) is 5.28. The Balaban J connectivity index is 0. The van der Waals surface area contributed by atoms with E-state index in [9.17, 15) is 9.59 Å². The molecule has 0 unspecified atom stereocenters. The van der Waals surface area contributed by atoms with Gasteiger partial charge in [-0.05, 0) is 0 Å². The van der Waals surface area contributed by atoms with Crippen LogP contribution in [0.3, 0.4) is 0 Å². The molecule has 0 saturated carbocycles. The van der Waals surface area contributed by atoms with Crippen LogP contribution in [0.1, 0.15) is 0 Å². The Labute approximate surface area is 100 Å². The fourth-order valence-electron chi connectivity index (χ4n) is 0.147. The van der Waals surface area contributed by atoms with Gasteiger partial charge in [0.05, 0.1) is 0 Å². The SMILES string of the molecule is O=c1oooc1=O.[Sr].[Ti]. The summed E-state index contributed by atoms with van der Waals surface area (Å²) in [5.41, 5.74) is -2.25. The summed E-state index contributed by atoms with van der Waals surface area (Å²) < 4.78 is 10.6. The molecule has 1 aromatic rings. The molecule has 0 spiro atoms. The van der Waals surface area contributed by atoms with Gasteiger partial charge < -0.3 is 0 Å². The smallest absolute Gasteiger partial charge is 0.233 e.